The summed E-state index contributed by atoms with van der Waals surface area (Å²) in [4.78, 5) is 27.6. The van der Waals surface area contributed by atoms with Gasteiger partial charge in [0.2, 0.25) is 5.91 Å². The molecule has 2 aromatic carbocycles. The van der Waals surface area contributed by atoms with Gasteiger partial charge >= 0.3 is 5.91 Å². The van der Waals surface area contributed by atoms with Crippen molar-refractivity contribution >= 4 is 28.9 Å². The van der Waals surface area contributed by atoms with Crippen molar-refractivity contribution in [1.82, 2.24) is 19.5 Å². The quantitative estimate of drug-likeness (QED) is 0.188. The van der Waals surface area contributed by atoms with Gasteiger partial charge in [-0.1, -0.05) is 18.2 Å². The van der Waals surface area contributed by atoms with E-state index in [1.807, 2.05) is 64.9 Å². The lowest BCUT2D eigenvalue weighted by Gasteiger charge is -2.27. The van der Waals surface area contributed by atoms with Gasteiger partial charge in [-0.05, 0) is 75.4 Å². The maximum absolute atomic E-state index is 13.0. The van der Waals surface area contributed by atoms with E-state index in [0.717, 1.165) is 27.8 Å². The lowest BCUT2D eigenvalue weighted by atomic mass is 10.1. The number of carbonyl (C=O) groups is 2. The van der Waals surface area contributed by atoms with Crippen LogP contribution in [0.1, 0.15) is 39.0 Å². The summed E-state index contributed by atoms with van der Waals surface area (Å²) in [7, 11) is 0. The maximum Gasteiger partial charge on any atom is 0.307 e. The van der Waals surface area contributed by atoms with Crippen LogP contribution in [-0.4, -0.2) is 58.4 Å². The zero-order valence-corrected chi connectivity index (χ0v) is 25.1. The van der Waals surface area contributed by atoms with Crippen LogP contribution < -0.4 is 10.2 Å². The normalized spacial score (nSPS) is 13.6. The molecule has 1 aliphatic heterocycles. The molecule has 226 valence electrons. The summed E-state index contributed by atoms with van der Waals surface area (Å²) >= 11 is 0. The maximum atomic E-state index is 13.0. The number of benzene rings is 2. The predicted molar refractivity (Wildman–Crippen MR) is 167 cm³/mol. The molecule has 2 amide bonds. The van der Waals surface area contributed by atoms with Gasteiger partial charge in [0, 0.05) is 52.3 Å². The molecule has 3 aromatic heterocycles. The Kier molecular flexibility index (Phi) is 8.33. The highest BCUT2D eigenvalue weighted by atomic mass is 16.5. The van der Waals surface area contributed by atoms with Crippen LogP contribution in [0.5, 0.6) is 5.75 Å². The Balaban J connectivity index is 1.08. The number of para-hydroxylation sites is 1. The topological polar surface area (TPSA) is 103 Å². The molecule has 1 fully saturated rings. The summed E-state index contributed by atoms with van der Waals surface area (Å²) in [6, 6.07) is 23.2. The second-order valence-corrected chi connectivity index (χ2v) is 10.8. The Morgan fingerprint density at radius 3 is 2.41 bits per heavy atom. The molecule has 6 rings (SSSR count). The summed E-state index contributed by atoms with van der Waals surface area (Å²) in [6.45, 7) is 8.81. The van der Waals surface area contributed by atoms with Crippen molar-refractivity contribution in [3.63, 3.8) is 0 Å². The molecule has 0 unspecified atom stereocenters. The number of amides is 2. The van der Waals surface area contributed by atoms with Crippen molar-refractivity contribution < 1.29 is 23.5 Å². The monoisotopic (exact) mass is 593 g/mol. The lowest BCUT2D eigenvalue weighted by Crippen LogP contribution is -2.42. The van der Waals surface area contributed by atoms with E-state index in [1.165, 1.54) is 11.4 Å². The van der Waals surface area contributed by atoms with E-state index in [4.69, 9.17) is 13.9 Å². The molecule has 1 saturated heterocycles. The first-order valence-corrected chi connectivity index (χ1v) is 14.6. The van der Waals surface area contributed by atoms with E-state index in [2.05, 4.69) is 41.1 Å². The molecule has 0 bridgehead atoms. The number of furan rings is 1. The van der Waals surface area contributed by atoms with Crippen LogP contribution in [-0.2, 0) is 22.7 Å². The average molecular weight is 594 g/mol. The van der Waals surface area contributed by atoms with E-state index in [-0.39, 0.29) is 24.8 Å². The van der Waals surface area contributed by atoms with Crippen LogP contribution in [0, 0.1) is 20.8 Å². The van der Waals surface area contributed by atoms with Crippen molar-refractivity contribution in [2.24, 2.45) is 5.10 Å². The molecule has 10 heteroatoms. The highest BCUT2D eigenvalue weighted by molar-refractivity contribution is 6.02. The minimum Gasteiger partial charge on any atom is -0.486 e. The fourth-order valence-corrected chi connectivity index (χ4v) is 5.58. The second kappa shape index (κ2) is 12.6. The summed E-state index contributed by atoms with van der Waals surface area (Å²) in [5.74, 6) is 0.919. The molecule has 5 aromatic rings. The Morgan fingerprint density at radius 2 is 1.66 bits per heavy atom. The summed E-state index contributed by atoms with van der Waals surface area (Å²) in [5, 5.41) is 5.16. The Hall–Kier alpha value is -5.09. The third-order valence-electron chi connectivity index (χ3n) is 7.93. The number of hydrogen-bond acceptors (Lipinski definition) is 6. The number of nitrogens with one attached hydrogen (secondary N) is 1. The SMILES string of the molecule is Cc1ccc(C)n1-c1ccc(OCc2ccc(C(=O)N/N=C/c3c(C)n(CC(=O)N4CCOCC4)c4ccccc34)o2)cc1. The van der Waals surface area contributed by atoms with Crippen LogP contribution in [0.2, 0.25) is 0 Å². The van der Waals surface area contributed by atoms with E-state index in [0.29, 0.717) is 37.8 Å². The molecule has 4 heterocycles. The number of carbonyl (C=O) groups excluding carboxylic acids is 2. The molecule has 0 aliphatic carbocycles. The fraction of sp³-hybridized carbons (Fsp3) is 0.265. The van der Waals surface area contributed by atoms with Gasteiger partial charge in [-0.25, -0.2) is 5.43 Å². The minimum atomic E-state index is -0.474. The fourth-order valence-electron chi connectivity index (χ4n) is 5.58. The van der Waals surface area contributed by atoms with Crippen LogP contribution in [0.3, 0.4) is 0 Å². The highest BCUT2D eigenvalue weighted by Crippen LogP contribution is 2.25. The third-order valence-corrected chi connectivity index (χ3v) is 7.93. The van der Waals surface area contributed by atoms with Gasteiger partial charge < -0.3 is 27.9 Å². The molecule has 44 heavy (non-hydrogen) atoms. The first kappa shape index (κ1) is 29.0. The molecule has 0 radical (unpaired) electrons. The molecule has 1 N–H and O–H groups in total. The average Bonchev–Trinajstić information content (AvgIpc) is 3.73. The van der Waals surface area contributed by atoms with Crippen LogP contribution in [0.15, 0.2) is 82.3 Å². The first-order valence-electron chi connectivity index (χ1n) is 14.6. The summed E-state index contributed by atoms with van der Waals surface area (Å²) in [6.07, 6.45) is 1.61. The smallest absolute Gasteiger partial charge is 0.307 e. The van der Waals surface area contributed by atoms with E-state index in [1.54, 1.807) is 18.3 Å². The van der Waals surface area contributed by atoms with E-state index < -0.39 is 5.91 Å². The van der Waals surface area contributed by atoms with Gasteiger partial charge in [0.25, 0.3) is 0 Å². The van der Waals surface area contributed by atoms with Crippen molar-refractivity contribution in [3.05, 3.63) is 107 Å². The number of hydrazone groups is 1. The molecule has 10 nitrogen and oxygen atoms in total. The molecule has 0 saturated carbocycles. The summed E-state index contributed by atoms with van der Waals surface area (Å²) in [5.41, 5.74) is 8.60. The molecule has 1 aliphatic rings. The zero-order chi connectivity index (χ0) is 30.6. The van der Waals surface area contributed by atoms with Crippen LogP contribution >= 0.6 is 0 Å². The molecule has 0 atom stereocenters. The van der Waals surface area contributed by atoms with Crippen molar-refractivity contribution in [2.45, 2.75) is 33.9 Å². The molecular weight excluding hydrogens is 558 g/mol. The van der Waals surface area contributed by atoms with E-state index >= 15 is 0 Å². The van der Waals surface area contributed by atoms with Gasteiger partial charge in [-0.15, -0.1) is 0 Å². The van der Waals surface area contributed by atoms with Crippen molar-refractivity contribution in [1.29, 1.82) is 0 Å². The number of aryl methyl sites for hydroxylation is 2. The minimum absolute atomic E-state index is 0.0469. The van der Waals surface area contributed by atoms with Crippen molar-refractivity contribution in [3.8, 4) is 11.4 Å². The Bertz CT molecular complexity index is 1800. The number of ether oxygens (including phenoxy) is 2. The van der Waals surface area contributed by atoms with Gasteiger partial charge in [-0.2, -0.15) is 5.10 Å². The van der Waals surface area contributed by atoms with Gasteiger partial charge in [0.15, 0.2) is 5.76 Å². The number of hydrogen-bond donors (Lipinski definition) is 1. The largest absolute Gasteiger partial charge is 0.486 e. The first-order chi connectivity index (χ1) is 21.4. The second-order valence-electron chi connectivity index (χ2n) is 10.8. The number of aromatic nitrogens is 2. The van der Waals surface area contributed by atoms with Crippen LogP contribution in [0.25, 0.3) is 16.6 Å². The number of morpholine rings is 1. The van der Waals surface area contributed by atoms with Gasteiger partial charge in [0.05, 0.1) is 19.4 Å². The summed E-state index contributed by atoms with van der Waals surface area (Å²) < 4.78 is 21.1. The number of rotatable bonds is 9. The number of fused-ring (bicyclic) bond motifs is 1. The third kappa shape index (κ3) is 6.02. The molecular formula is C34H35N5O5. The number of nitrogens with zero attached hydrogens (tertiary/aromatic N) is 4. The standard InChI is InChI=1S/C34H35N5O5/c1-23-8-9-24(2)39(23)26-10-12-27(13-11-26)43-22-28-14-15-32(44-28)34(41)36-35-20-30-25(3)38(31-7-5-4-6-29(30)31)21-33(40)37-16-18-42-19-17-37/h4-15,20H,16-19,21-22H2,1-3H3,(H,36,41)/b35-20+. The van der Waals surface area contributed by atoms with Gasteiger partial charge in [-0.3, -0.25) is 9.59 Å². The Morgan fingerprint density at radius 1 is 0.932 bits per heavy atom. The predicted octanol–water partition coefficient (Wildman–Crippen LogP) is 5.15. The Labute approximate surface area is 255 Å². The van der Waals surface area contributed by atoms with Crippen molar-refractivity contribution in [2.75, 3.05) is 26.3 Å². The van der Waals surface area contributed by atoms with Crippen LogP contribution in [0.4, 0.5) is 0 Å². The lowest BCUT2D eigenvalue weighted by molar-refractivity contribution is -0.135. The van der Waals surface area contributed by atoms with Gasteiger partial charge in [0.1, 0.15) is 24.7 Å². The zero-order valence-electron chi connectivity index (χ0n) is 25.1. The molecule has 0 spiro atoms. The highest BCUT2D eigenvalue weighted by Gasteiger charge is 2.20. The van der Waals surface area contributed by atoms with E-state index in [9.17, 15) is 9.59 Å².